The number of aromatic nitrogens is 2. The maximum absolute atomic E-state index is 13.0. The summed E-state index contributed by atoms with van der Waals surface area (Å²) in [5.41, 5.74) is 0.940. The van der Waals surface area contributed by atoms with Crippen LogP contribution < -0.4 is 9.46 Å². The summed E-state index contributed by atoms with van der Waals surface area (Å²) in [6.07, 6.45) is 1.58. The molecule has 3 aromatic rings. The topological polar surface area (TPSA) is 73.2 Å². The van der Waals surface area contributed by atoms with E-state index in [1.165, 1.54) is 11.3 Å². The minimum atomic E-state index is -3.78. The van der Waals surface area contributed by atoms with Crippen LogP contribution in [0.2, 0.25) is 0 Å². The Balaban J connectivity index is 1.96. The van der Waals surface area contributed by atoms with Crippen LogP contribution in [0.15, 0.2) is 52.9 Å². The average molecular weight is 392 g/mol. The molecule has 0 aliphatic carbocycles. The standard InChI is InChI=1S/C18H21N3O3S2/c1-4-24-15-9-7-14(8-10-15)20-26(22,23)17-12-21(13(2)3)19-18(17)16-6-5-11-25-16/h5-13,20H,4H2,1-3H3. The lowest BCUT2D eigenvalue weighted by Gasteiger charge is -2.09. The molecule has 0 saturated carbocycles. The molecule has 26 heavy (non-hydrogen) atoms. The first-order chi connectivity index (χ1) is 12.4. The molecule has 2 heterocycles. The highest BCUT2D eigenvalue weighted by atomic mass is 32.2. The summed E-state index contributed by atoms with van der Waals surface area (Å²) in [6.45, 7) is 6.38. The molecule has 8 heteroatoms. The highest BCUT2D eigenvalue weighted by Gasteiger charge is 2.25. The molecule has 1 aromatic carbocycles. The van der Waals surface area contributed by atoms with E-state index in [4.69, 9.17) is 4.74 Å². The molecule has 1 N–H and O–H groups in total. The third kappa shape index (κ3) is 3.91. The quantitative estimate of drug-likeness (QED) is 0.648. The largest absolute Gasteiger partial charge is 0.494 e. The molecular weight excluding hydrogens is 370 g/mol. The van der Waals surface area contributed by atoms with Gasteiger partial charge in [-0.05, 0) is 56.5 Å². The zero-order chi connectivity index (χ0) is 18.7. The average Bonchev–Trinajstić information content (AvgIpc) is 3.26. The molecule has 0 unspecified atom stereocenters. The fourth-order valence-corrected chi connectivity index (χ4v) is 4.41. The summed E-state index contributed by atoms with van der Waals surface area (Å²) in [4.78, 5) is 0.985. The minimum absolute atomic E-state index is 0.0585. The van der Waals surface area contributed by atoms with E-state index in [-0.39, 0.29) is 10.9 Å². The lowest BCUT2D eigenvalue weighted by molar-refractivity contribution is 0.340. The number of anilines is 1. The van der Waals surface area contributed by atoms with E-state index in [0.717, 1.165) is 4.88 Å². The number of nitrogens with one attached hydrogen (secondary N) is 1. The molecule has 0 saturated heterocycles. The van der Waals surface area contributed by atoms with Crippen LogP contribution in [0.5, 0.6) is 5.75 Å². The predicted molar refractivity (Wildman–Crippen MR) is 104 cm³/mol. The highest BCUT2D eigenvalue weighted by Crippen LogP contribution is 2.31. The molecule has 0 amide bonds. The number of sulfonamides is 1. The smallest absolute Gasteiger partial charge is 0.265 e. The Labute approximate surface area is 157 Å². The molecule has 6 nitrogen and oxygen atoms in total. The Hall–Kier alpha value is -2.32. The molecule has 0 spiro atoms. The van der Waals surface area contributed by atoms with Crippen LogP contribution in [0, 0.1) is 0 Å². The second-order valence-corrected chi connectivity index (χ2v) is 8.55. The summed E-state index contributed by atoms with van der Waals surface area (Å²) in [6, 6.07) is 10.6. The van der Waals surface area contributed by atoms with E-state index in [0.29, 0.717) is 23.7 Å². The van der Waals surface area contributed by atoms with Crippen molar-refractivity contribution in [1.82, 2.24) is 9.78 Å². The fraction of sp³-hybridized carbons (Fsp3) is 0.278. The molecule has 138 valence electrons. The van der Waals surface area contributed by atoms with E-state index in [9.17, 15) is 8.42 Å². The maximum Gasteiger partial charge on any atom is 0.265 e. The number of thiophene rings is 1. The van der Waals surface area contributed by atoms with Gasteiger partial charge in [-0.25, -0.2) is 8.42 Å². The molecule has 0 fully saturated rings. The summed E-state index contributed by atoms with van der Waals surface area (Å²) in [7, 11) is -3.78. The van der Waals surface area contributed by atoms with Crippen LogP contribution >= 0.6 is 11.3 Å². The van der Waals surface area contributed by atoms with Crippen molar-refractivity contribution in [2.45, 2.75) is 31.7 Å². The number of hydrogen-bond donors (Lipinski definition) is 1. The van der Waals surface area contributed by atoms with Crippen LogP contribution in [-0.4, -0.2) is 24.8 Å². The van der Waals surface area contributed by atoms with Crippen LogP contribution in [0.25, 0.3) is 10.6 Å². The molecule has 0 radical (unpaired) electrons. The molecule has 0 bridgehead atoms. The Morgan fingerprint density at radius 2 is 1.96 bits per heavy atom. The van der Waals surface area contributed by atoms with Gasteiger partial charge in [-0.2, -0.15) is 5.10 Å². The highest BCUT2D eigenvalue weighted by molar-refractivity contribution is 7.92. The van der Waals surface area contributed by atoms with Gasteiger partial charge in [0.1, 0.15) is 16.3 Å². The van der Waals surface area contributed by atoms with Crippen molar-refractivity contribution in [3.05, 3.63) is 48.0 Å². The number of benzene rings is 1. The predicted octanol–water partition coefficient (Wildman–Crippen LogP) is 4.39. The zero-order valence-corrected chi connectivity index (χ0v) is 16.5. The summed E-state index contributed by atoms with van der Waals surface area (Å²) in [5.74, 6) is 0.697. The number of rotatable bonds is 7. The summed E-state index contributed by atoms with van der Waals surface area (Å²) < 4.78 is 35.6. The molecule has 2 aromatic heterocycles. The summed E-state index contributed by atoms with van der Waals surface area (Å²) in [5, 5.41) is 6.39. The number of nitrogens with zero attached hydrogens (tertiary/aromatic N) is 2. The van der Waals surface area contributed by atoms with Crippen LogP contribution in [0.4, 0.5) is 5.69 Å². The first-order valence-electron chi connectivity index (χ1n) is 8.29. The minimum Gasteiger partial charge on any atom is -0.494 e. The normalized spacial score (nSPS) is 11.7. The van der Waals surface area contributed by atoms with Gasteiger partial charge in [0.25, 0.3) is 10.0 Å². The SMILES string of the molecule is CCOc1ccc(NS(=O)(=O)c2cn(C(C)C)nc2-c2cccs2)cc1. The van der Waals surface area contributed by atoms with Crippen LogP contribution in [0.1, 0.15) is 26.8 Å². The van der Waals surface area contributed by atoms with Crippen molar-refractivity contribution in [2.24, 2.45) is 0 Å². The molecule has 0 atom stereocenters. The Kier molecular flexibility index (Phi) is 5.33. The first-order valence-corrected chi connectivity index (χ1v) is 10.7. The van der Waals surface area contributed by atoms with Gasteiger partial charge in [0.15, 0.2) is 0 Å². The Morgan fingerprint density at radius 1 is 1.23 bits per heavy atom. The molecule has 3 rings (SSSR count). The lowest BCUT2D eigenvalue weighted by atomic mass is 10.3. The van der Waals surface area contributed by atoms with Gasteiger partial charge < -0.3 is 4.74 Å². The molecule has 0 aliphatic rings. The van der Waals surface area contributed by atoms with Gasteiger partial charge in [-0.15, -0.1) is 11.3 Å². The van der Waals surface area contributed by atoms with E-state index < -0.39 is 10.0 Å². The van der Waals surface area contributed by atoms with E-state index >= 15 is 0 Å². The number of hydrogen-bond acceptors (Lipinski definition) is 5. The lowest BCUT2D eigenvalue weighted by Crippen LogP contribution is -2.13. The van der Waals surface area contributed by atoms with Gasteiger partial charge >= 0.3 is 0 Å². The second kappa shape index (κ2) is 7.51. The van der Waals surface area contributed by atoms with Crippen molar-refractivity contribution in [3.63, 3.8) is 0 Å². The number of ether oxygens (including phenoxy) is 1. The molecule has 0 aliphatic heterocycles. The third-order valence-electron chi connectivity index (χ3n) is 3.69. The maximum atomic E-state index is 13.0. The van der Waals surface area contributed by atoms with E-state index in [1.807, 2.05) is 38.3 Å². The van der Waals surface area contributed by atoms with Gasteiger partial charge in [-0.1, -0.05) is 6.07 Å². The first kappa shape index (κ1) is 18.5. The Bertz CT molecular complexity index is 960. The zero-order valence-electron chi connectivity index (χ0n) is 14.8. The van der Waals surface area contributed by atoms with Crippen molar-refractivity contribution in [1.29, 1.82) is 0 Å². The molecular formula is C18H21N3O3S2. The van der Waals surface area contributed by atoms with Gasteiger partial charge in [-0.3, -0.25) is 9.40 Å². The van der Waals surface area contributed by atoms with Crippen molar-refractivity contribution in [2.75, 3.05) is 11.3 Å². The van der Waals surface area contributed by atoms with Crippen molar-refractivity contribution < 1.29 is 13.2 Å². The van der Waals surface area contributed by atoms with Crippen molar-refractivity contribution in [3.8, 4) is 16.3 Å². The van der Waals surface area contributed by atoms with Crippen LogP contribution in [0.3, 0.4) is 0 Å². The van der Waals surface area contributed by atoms with E-state index in [1.54, 1.807) is 35.1 Å². The van der Waals surface area contributed by atoms with Crippen molar-refractivity contribution >= 4 is 27.0 Å². The van der Waals surface area contributed by atoms with Gasteiger partial charge in [0.05, 0.1) is 11.5 Å². The van der Waals surface area contributed by atoms with Gasteiger partial charge in [0, 0.05) is 17.9 Å². The fourth-order valence-electron chi connectivity index (χ4n) is 2.42. The third-order valence-corrected chi connectivity index (χ3v) is 5.95. The Morgan fingerprint density at radius 3 is 2.54 bits per heavy atom. The van der Waals surface area contributed by atoms with Crippen LogP contribution in [-0.2, 0) is 10.0 Å². The van der Waals surface area contributed by atoms with Gasteiger partial charge in [0.2, 0.25) is 0 Å². The monoisotopic (exact) mass is 391 g/mol. The summed E-state index contributed by atoms with van der Waals surface area (Å²) >= 11 is 1.46. The second-order valence-electron chi connectivity index (χ2n) is 5.96. The van der Waals surface area contributed by atoms with E-state index in [2.05, 4.69) is 9.82 Å².